The molecule has 2 aromatic rings. The lowest BCUT2D eigenvalue weighted by Gasteiger charge is -2.08. The van der Waals surface area contributed by atoms with Crippen molar-refractivity contribution >= 4 is 28.3 Å². The topological polar surface area (TPSA) is 99.5 Å². The molecule has 2 aromatic heterocycles. The monoisotopic (exact) mass is 365 g/mol. The number of aryl methyl sites for hydroxylation is 1. The molecule has 0 aromatic carbocycles. The Bertz CT molecular complexity index is 827. The minimum atomic E-state index is -0.507. The number of hydrogen-bond acceptors (Lipinski definition) is 7. The van der Waals surface area contributed by atoms with Crippen molar-refractivity contribution in [1.29, 1.82) is 0 Å². The van der Waals surface area contributed by atoms with Crippen LogP contribution >= 0.6 is 11.3 Å². The summed E-state index contributed by atoms with van der Waals surface area (Å²) in [5.74, 6) is -0.734. The van der Waals surface area contributed by atoms with Crippen LogP contribution in [0, 0.1) is 6.92 Å². The Kier molecular flexibility index (Phi) is 6.29. The number of thiazole rings is 1. The molecule has 0 aliphatic heterocycles. The summed E-state index contributed by atoms with van der Waals surface area (Å²) in [6.45, 7) is 3.83. The van der Waals surface area contributed by atoms with E-state index in [0.29, 0.717) is 17.2 Å². The molecule has 0 saturated carbocycles. The van der Waals surface area contributed by atoms with Gasteiger partial charge >= 0.3 is 5.97 Å². The fraction of sp³-hybridized carbons (Fsp3) is 0.375. The van der Waals surface area contributed by atoms with E-state index in [2.05, 4.69) is 15.0 Å². The van der Waals surface area contributed by atoms with E-state index in [9.17, 15) is 14.4 Å². The second-order valence-corrected chi connectivity index (χ2v) is 6.13. The van der Waals surface area contributed by atoms with Crippen molar-refractivity contribution in [2.45, 2.75) is 26.8 Å². The Labute approximate surface area is 148 Å². The van der Waals surface area contributed by atoms with Crippen molar-refractivity contribution in [3.63, 3.8) is 0 Å². The third-order valence-electron chi connectivity index (χ3n) is 3.17. The second-order valence-electron chi connectivity index (χ2n) is 5.13. The number of esters is 1. The molecule has 2 heterocycles. The maximum atomic E-state index is 12.2. The van der Waals surface area contributed by atoms with Crippen LogP contribution in [0.4, 0.5) is 5.13 Å². The zero-order valence-corrected chi connectivity index (χ0v) is 15.0. The molecule has 0 aliphatic carbocycles. The standard InChI is InChI=1S/C16H19N3O5S/c1-4-8-24-11-6-5-7-19(14(11)21)9-12(20)18-16-17-10(2)13(25-16)15(22)23-3/h5-7H,4,8-9H2,1-3H3,(H,17,18,20). The zero-order chi connectivity index (χ0) is 18.4. The molecule has 0 spiro atoms. The molecule has 134 valence electrons. The molecule has 0 saturated heterocycles. The number of rotatable bonds is 7. The van der Waals surface area contributed by atoms with Gasteiger partial charge in [0, 0.05) is 6.20 Å². The highest BCUT2D eigenvalue weighted by Crippen LogP contribution is 2.23. The summed E-state index contributed by atoms with van der Waals surface area (Å²) in [7, 11) is 1.28. The van der Waals surface area contributed by atoms with Crippen LogP contribution in [0.15, 0.2) is 23.1 Å². The van der Waals surface area contributed by atoms with Gasteiger partial charge in [0.05, 0.1) is 19.4 Å². The van der Waals surface area contributed by atoms with Gasteiger partial charge in [-0.3, -0.25) is 9.59 Å². The number of pyridine rings is 1. The van der Waals surface area contributed by atoms with Gasteiger partial charge in [0.2, 0.25) is 5.91 Å². The summed E-state index contributed by atoms with van der Waals surface area (Å²) in [6, 6.07) is 3.21. The molecule has 2 rings (SSSR count). The quantitative estimate of drug-likeness (QED) is 0.752. The molecule has 0 atom stereocenters. The normalized spacial score (nSPS) is 10.4. The number of anilines is 1. The van der Waals surface area contributed by atoms with Gasteiger partial charge in [-0.2, -0.15) is 0 Å². The summed E-state index contributed by atoms with van der Waals surface area (Å²) in [5, 5.41) is 2.85. The molecular formula is C16H19N3O5S. The van der Waals surface area contributed by atoms with Gasteiger partial charge in [0.25, 0.3) is 5.56 Å². The van der Waals surface area contributed by atoms with E-state index >= 15 is 0 Å². The van der Waals surface area contributed by atoms with Crippen LogP contribution in [0.2, 0.25) is 0 Å². The molecule has 0 bridgehead atoms. The first-order valence-corrected chi connectivity index (χ1v) is 8.45. The molecule has 0 aliphatic rings. The van der Waals surface area contributed by atoms with Crippen LogP contribution in [0.3, 0.4) is 0 Å². The fourth-order valence-corrected chi connectivity index (χ4v) is 2.91. The third kappa shape index (κ3) is 4.66. The van der Waals surface area contributed by atoms with Crippen LogP contribution in [-0.2, 0) is 16.1 Å². The Hall–Kier alpha value is -2.68. The zero-order valence-electron chi connectivity index (χ0n) is 14.2. The molecule has 1 amide bonds. The molecule has 8 nitrogen and oxygen atoms in total. The van der Waals surface area contributed by atoms with Gasteiger partial charge in [-0.1, -0.05) is 18.3 Å². The smallest absolute Gasteiger partial charge is 0.350 e. The van der Waals surface area contributed by atoms with Gasteiger partial charge in [-0.05, 0) is 25.5 Å². The second kappa shape index (κ2) is 8.43. The van der Waals surface area contributed by atoms with Crippen LogP contribution in [0.5, 0.6) is 5.75 Å². The highest BCUT2D eigenvalue weighted by molar-refractivity contribution is 7.17. The summed E-state index contributed by atoms with van der Waals surface area (Å²) in [6.07, 6.45) is 2.29. The maximum absolute atomic E-state index is 12.2. The summed E-state index contributed by atoms with van der Waals surface area (Å²) in [4.78, 5) is 40.4. The number of nitrogens with one attached hydrogen (secondary N) is 1. The minimum absolute atomic E-state index is 0.186. The average molecular weight is 365 g/mol. The molecule has 0 unspecified atom stereocenters. The van der Waals surface area contributed by atoms with Crippen molar-refractivity contribution < 1.29 is 19.1 Å². The van der Waals surface area contributed by atoms with E-state index in [1.54, 1.807) is 19.1 Å². The third-order valence-corrected chi connectivity index (χ3v) is 4.23. The maximum Gasteiger partial charge on any atom is 0.350 e. The molecule has 1 N–H and O–H groups in total. The van der Waals surface area contributed by atoms with Crippen molar-refractivity contribution in [2.75, 3.05) is 19.0 Å². The summed E-state index contributed by atoms with van der Waals surface area (Å²) >= 11 is 1.02. The Morgan fingerprint density at radius 2 is 2.16 bits per heavy atom. The minimum Gasteiger partial charge on any atom is -0.488 e. The Balaban J connectivity index is 2.08. The van der Waals surface area contributed by atoms with Gasteiger partial charge in [-0.15, -0.1) is 0 Å². The number of aromatic nitrogens is 2. The van der Waals surface area contributed by atoms with E-state index in [-0.39, 0.29) is 23.0 Å². The molecule has 0 radical (unpaired) electrons. The average Bonchev–Trinajstić information content (AvgIpc) is 2.95. The number of carbonyl (C=O) groups is 2. The van der Waals surface area contributed by atoms with Crippen molar-refractivity contribution in [3.05, 3.63) is 39.3 Å². The van der Waals surface area contributed by atoms with Crippen LogP contribution < -0.4 is 15.6 Å². The Morgan fingerprint density at radius 3 is 2.84 bits per heavy atom. The predicted molar refractivity (Wildman–Crippen MR) is 93.3 cm³/mol. The molecular weight excluding hydrogens is 346 g/mol. The van der Waals surface area contributed by atoms with Crippen molar-refractivity contribution in [3.8, 4) is 5.75 Å². The SMILES string of the molecule is CCCOc1cccn(CC(=O)Nc2nc(C)c(C(=O)OC)s2)c1=O. The first kappa shape index (κ1) is 18.7. The van der Waals surface area contributed by atoms with Gasteiger partial charge in [0.15, 0.2) is 10.9 Å². The number of ether oxygens (including phenoxy) is 2. The molecule has 0 fully saturated rings. The highest BCUT2D eigenvalue weighted by Gasteiger charge is 2.17. The van der Waals surface area contributed by atoms with E-state index in [0.717, 1.165) is 17.8 Å². The van der Waals surface area contributed by atoms with Gasteiger partial charge in [-0.25, -0.2) is 9.78 Å². The molecule has 9 heteroatoms. The van der Waals surface area contributed by atoms with E-state index in [1.807, 2.05) is 6.92 Å². The van der Waals surface area contributed by atoms with Crippen LogP contribution in [-0.4, -0.2) is 35.1 Å². The largest absolute Gasteiger partial charge is 0.488 e. The summed E-state index contributed by atoms with van der Waals surface area (Å²) < 4.78 is 11.3. The first-order chi connectivity index (χ1) is 12.0. The number of hydrogen-bond donors (Lipinski definition) is 1. The van der Waals surface area contributed by atoms with E-state index in [4.69, 9.17) is 4.74 Å². The fourth-order valence-electron chi connectivity index (χ4n) is 2.01. The van der Waals surface area contributed by atoms with E-state index < -0.39 is 11.9 Å². The number of amides is 1. The highest BCUT2D eigenvalue weighted by atomic mass is 32.1. The summed E-state index contributed by atoms with van der Waals surface area (Å²) in [5.41, 5.74) is 0.0935. The van der Waals surface area contributed by atoms with Crippen molar-refractivity contribution in [1.82, 2.24) is 9.55 Å². The lowest BCUT2D eigenvalue weighted by atomic mass is 10.4. The number of carbonyl (C=O) groups excluding carboxylic acids is 2. The number of nitrogens with zero attached hydrogens (tertiary/aromatic N) is 2. The number of methoxy groups -OCH3 is 1. The van der Waals surface area contributed by atoms with Crippen LogP contribution in [0.1, 0.15) is 28.7 Å². The van der Waals surface area contributed by atoms with Gasteiger partial charge in [0.1, 0.15) is 11.4 Å². The van der Waals surface area contributed by atoms with Crippen molar-refractivity contribution in [2.24, 2.45) is 0 Å². The lowest BCUT2D eigenvalue weighted by Crippen LogP contribution is -2.28. The predicted octanol–water partition coefficient (Wildman–Crippen LogP) is 1.83. The van der Waals surface area contributed by atoms with E-state index in [1.165, 1.54) is 17.9 Å². The van der Waals surface area contributed by atoms with Crippen LogP contribution in [0.25, 0.3) is 0 Å². The van der Waals surface area contributed by atoms with Gasteiger partial charge < -0.3 is 19.4 Å². The first-order valence-electron chi connectivity index (χ1n) is 7.64. The molecule has 25 heavy (non-hydrogen) atoms. The Morgan fingerprint density at radius 1 is 1.40 bits per heavy atom. The lowest BCUT2D eigenvalue weighted by molar-refractivity contribution is -0.116.